The second-order valence-electron chi connectivity index (χ2n) is 4.77. The lowest BCUT2D eigenvalue weighted by Gasteiger charge is -2.49. The summed E-state index contributed by atoms with van der Waals surface area (Å²) in [5.41, 5.74) is 6.01. The lowest BCUT2D eigenvalue weighted by molar-refractivity contribution is -0.0213. The lowest BCUT2D eigenvalue weighted by atomic mass is 9.78. The molecule has 0 radical (unpaired) electrons. The van der Waals surface area contributed by atoms with Crippen molar-refractivity contribution in [3.8, 4) is 0 Å². The van der Waals surface area contributed by atoms with Crippen molar-refractivity contribution < 1.29 is 5.11 Å². The zero-order chi connectivity index (χ0) is 9.31. The highest BCUT2D eigenvalue weighted by Crippen LogP contribution is 2.45. The van der Waals surface area contributed by atoms with Crippen LogP contribution in [0.15, 0.2) is 0 Å². The number of β-amino-alcohol motifs (C(OH)–C–C–N with tert-alkyl or cyclic N) is 1. The molecule has 1 unspecified atom stereocenters. The van der Waals surface area contributed by atoms with Crippen LogP contribution in [0.1, 0.15) is 25.7 Å². The molecule has 2 rings (SSSR count). The molecule has 3 N–H and O–H groups in total. The van der Waals surface area contributed by atoms with Gasteiger partial charge >= 0.3 is 0 Å². The van der Waals surface area contributed by atoms with Gasteiger partial charge in [0.15, 0.2) is 0 Å². The summed E-state index contributed by atoms with van der Waals surface area (Å²) in [6, 6.07) is 0. The zero-order valence-electron chi connectivity index (χ0n) is 8.21. The molecule has 1 aliphatic carbocycles. The first-order valence-corrected chi connectivity index (χ1v) is 5.35. The number of nitrogens with two attached hydrogens (primary N) is 1. The van der Waals surface area contributed by atoms with Gasteiger partial charge in [0.2, 0.25) is 0 Å². The van der Waals surface area contributed by atoms with Crippen molar-refractivity contribution in [2.45, 2.75) is 31.8 Å². The Balaban J connectivity index is 1.71. The minimum absolute atomic E-state index is 0.321. The fourth-order valence-corrected chi connectivity index (χ4v) is 2.85. The highest BCUT2D eigenvalue weighted by molar-refractivity contribution is 4.98. The Morgan fingerprint density at radius 2 is 1.92 bits per heavy atom. The SMILES string of the molecule is NCC(O)CN1CC2(CCCC2)C1. The summed E-state index contributed by atoms with van der Waals surface area (Å²) in [5.74, 6) is 0. The molecule has 0 bridgehead atoms. The minimum atomic E-state index is -0.321. The van der Waals surface area contributed by atoms with Crippen LogP contribution >= 0.6 is 0 Å². The smallest absolute Gasteiger partial charge is 0.0789 e. The maximum atomic E-state index is 9.36. The molecule has 3 nitrogen and oxygen atoms in total. The first-order valence-electron chi connectivity index (χ1n) is 5.35. The van der Waals surface area contributed by atoms with Crippen LogP contribution in [0.3, 0.4) is 0 Å². The van der Waals surface area contributed by atoms with Gasteiger partial charge in [0, 0.05) is 26.2 Å². The van der Waals surface area contributed by atoms with Crippen molar-refractivity contribution in [3.63, 3.8) is 0 Å². The molecule has 0 aromatic carbocycles. The number of hydrogen-bond acceptors (Lipinski definition) is 3. The lowest BCUT2D eigenvalue weighted by Crippen LogP contribution is -2.57. The summed E-state index contributed by atoms with van der Waals surface area (Å²) >= 11 is 0. The molecule has 0 amide bonds. The monoisotopic (exact) mass is 184 g/mol. The van der Waals surface area contributed by atoms with E-state index in [-0.39, 0.29) is 6.10 Å². The molecule has 1 atom stereocenters. The van der Waals surface area contributed by atoms with E-state index in [1.54, 1.807) is 0 Å². The van der Waals surface area contributed by atoms with E-state index in [1.165, 1.54) is 38.8 Å². The average molecular weight is 184 g/mol. The van der Waals surface area contributed by atoms with Gasteiger partial charge in [-0.1, -0.05) is 12.8 Å². The van der Waals surface area contributed by atoms with Crippen LogP contribution in [0.2, 0.25) is 0 Å². The van der Waals surface area contributed by atoms with Crippen molar-refractivity contribution >= 4 is 0 Å². The van der Waals surface area contributed by atoms with Crippen LogP contribution in [0.4, 0.5) is 0 Å². The highest BCUT2D eigenvalue weighted by Gasteiger charge is 2.44. The maximum absolute atomic E-state index is 9.36. The first-order chi connectivity index (χ1) is 6.24. The van der Waals surface area contributed by atoms with Crippen LogP contribution < -0.4 is 5.73 Å². The summed E-state index contributed by atoms with van der Waals surface area (Å²) in [7, 11) is 0. The van der Waals surface area contributed by atoms with E-state index in [0.717, 1.165) is 6.54 Å². The summed E-state index contributed by atoms with van der Waals surface area (Å²) in [6.07, 6.45) is 5.31. The number of rotatable bonds is 3. The van der Waals surface area contributed by atoms with Gasteiger partial charge in [0.25, 0.3) is 0 Å². The molecule has 2 fully saturated rings. The predicted molar refractivity (Wildman–Crippen MR) is 52.4 cm³/mol. The third kappa shape index (κ3) is 1.87. The molecule has 1 spiro atoms. The molecule has 2 aliphatic rings. The van der Waals surface area contributed by atoms with Gasteiger partial charge in [0.05, 0.1) is 6.10 Å². The van der Waals surface area contributed by atoms with E-state index in [4.69, 9.17) is 5.73 Å². The van der Waals surface area contributed by atoms with Crippen LogP contribution in [0, 0.1) is 5.41 Å². The molecule has 13 heavy (non-hydrogen) atoms. The largest absolute Gasteiger partial charge is 0.390 e. The Hall–Kier alpha value is -0.120. The summed E-state index contributed by atoms with van der Waals surface area (Å²) in [5, 5.41) is 9.36. The number of likely N-dealkylation sites (tertiary alicyclic amines) is 1. The Labute approximate surface area is 79.9 Å². The topological polar surface area (TPSA) is 49.5 Å². The number of aliphatic hydroxyl groups is 1. The van der Waals surface area contributed by atoms with E-state index in [0.29, 0.717) is 12.0 Å². The van der Waals surface area contributed by atoms with Crippen LogP contribution in [0.5, 0.6) is 0 Å². The molecule has 76 valence electrons. The normalized spacial score (nSPS) is 29.1. The van der Waals surface area contributed by atoms with Crippen molar-refractivity contribution in [2.24, 2.45) is 11.1 Å². The Bertz CT molecular complexity index is 170. The van der Waals surface area contributed by atoms with Gasteiger partial charge in [-0.05, 0) is 18.3 Å². The van der Waals surface area contributed by atoms with E-state index in [9.17, 15) is 5.11 Å². The van der Waals surface area contributed by atoms with Crippen molar-refractivity contribution in [1.82, 2.24) is 4.90 Å². The Morgan fingerprint density at radius 3 is 2.46 bits per heavy atom. The molecular formula is C10H20N2O. The predicted octanol–water partition coefficient (Wildman–Crippen LogP) is 0.182. The Kier molecular flexibility index (Phi) is 2.58. The quantitative estimate of drug-likeness (QED) is 0.658. The second-order valence-corrected chi connectivity index (χ2v) is 4.77. The molecule has 3 heteroatoms. The first kappa shape index (κ1) is 9.44. The van der Waals surface area contributed by atoms with Gasteiger partial charge in [-0.3, -0.25) is 4.90 Å². The third-order valence-corrected chi connectivity index (χ3v) is 3.52. The van der Waals surface area contributed by atoms with E-state index < -0.39 is 0 Å². The van der Waals surface area contributed by atoms with Crippen molar-refractivity contribution in [1.29, 1.82) is 0 Å². The molecule has 1 aliphatic heterocycles. The molecule has 1 heterocycles. The van der Waals surface area contributed by atoms with Crippen LogP contribution in [0.25, 0.3) is 0 Å². The van der Waals surface area contributed by atoms with Gasteiger partial charge in [-0.25, -0.2) is 0 Å². The minimum Gasteiger partial charge on any atom is -0.390 e. The maximum Gasteiger partial charge on any atom is 0.0789 e. The van der Waals surface area contributed by atoms with Gasteiger partial charge < -0.3 is 10.8 Å². The van der Waals surface area contributed by atoms with E-state index >= 15 is 0 Å². The number of nitrogens with zero attached hydrogens (tertiary/aromatic N) is 1. The molecular weight excluding hydrogens is 164 g/mol. The van der Waals surface area contributed by atoms with Crippen molar-refractivity contribution in [2.75, 3.05) is 26.2 Å². The molecule has 1 saturated heterocycles. The molecule has 1 saturated carbocycles. The second kappa shape index (κ2) is 3.56. The zero-order valence-corrected chi connectivity index (χ0v) is 8.21. The fraction of sp³-hybridized carbons (Fsp3) is 1.00. The van der Waals surface area contributed by atoms with Gasteiger partial charge in [-0.2, -0.15) is 0 Å². The summed E-state index contributed by atoms with van der Waals surface area (Å²) < 4.78 is 0. The highest BCUT2D eigenvalue weighted by atomic mass is 16.3. The van der Waals surface area contributed by atoms with E-state index in [1.807, 2.05) is 0 Å². The van der Waals surface area contributed by atoms with Crippen molar-refractivity contribution in [3.05, 3.63) is 0 Å². The van der Waals surface area contributed by atoms with Crippen LogP contribution in [-0.2, 0) is 0 Å². The van der Waals surface area contributed by atoms with Gasteiger partial charge in [0.1, 0.15) is 0 Å². The standard InChI is InChI=1S/C10H20N2O/c11-5-9(13)6-12-7-10(8-12)3-1-2-4-10/h9,13H,1-8,11H2. The molecule has 0 aromatic rings. The number of hydrogen-bond donors (Lipinski definition) is 2. The summed E-state index contributed by atoms with van der Waals surface area (Å²) in [6.45, 7) is 3.57. The van der Waals surface area contributed by atoms with Crippen LogP contribution in [-0.4, -0.2) is 42.3 Å². The average Bonchev–Trinajstić information content (AvgIpc) is 2.52. The van der Waals surface area contributed by atoms with Gasteiger partial charge in [-0.15, -0.1) is 0 Å². The molecule has 0 aromatic heterocycles. The Morgan fingerprint density at radius 1 is 1.31 bits per heavy atom. The fourth-order valence-electron chi connectivity index (χ4n) is 2.85. The third-order valence-electron chi connectivity index (χ3n) is 3.52. The number of aliphatic hydroxyl groups excluding tert-OH is 1. The van der Waals surface area contributed by atoms with E-state index in [2.05, 4.69) is 4.90 Å². The summed E-state index contributed by atoms with van der Waals surface area (Å²) in [4.78, 5) is 2.34.